The molecule has 22 heavy (non-hydrogen) atoms. The van der Waals surface area contributed by atoms with Gasteiger partial charge in [-0.1, -0.05) is 30.3 Å². The molecule has 1 aromatic carbocycles. The average Bonchev–Trinajstić information content (AvgIpc) is 2.55. The van der Waals surface area contributed by atoms with Gasteiger partial charge in [0.1, 0.15) is 24.4 Å². The first-order chi connectivity index (χ1) is 10.5. The van der Waals surface area contributed by atoms with Crippen molar-refractivity contribution < 1.29 is 29.6 Å². The van der Waals surface area contributed by atoms with Gasteiger partial charge in [0.2, 0.25) is 5.91 Å². The summed E-state index contributed by atoms with van der Waals surface area (Å²) in [6, 6.07) is 8.79. The Labute approximate surface area is 125 Å². The fourth-order valence-corrected chi connectivity index (χ4v) is 2.08. The first-order valence-electron chi connectivity index (χ1n) is 6.49. The predicted molar refractivity (Wildman–Crippen MR) is 72.2 cm³/mol. The lowest BCUT2D eigenvalue weighted by molar-refractivity contribution is -0.281. The van der Waals surface area contributed by atoms with E-state index in [2.05, 4.69) is 10.0 Å². The Hall–Kier alpha value is -2.00. The van der Waals surface area contributed by atoms with Crippen molar-refractivity contribution in [2.75, 3.05) is 6.61 Å². The number of amides is 1. The number of hydrogen-bond acceptors (Lipinski definition) is 6. The third-order valence-corrected chi connectivity index (χ3v) is 3.21. The van der Waals surface area contributed by atoms with E-state index >= 15 is 0 Å². The summed E-state index contributed by atoms with van der Waals surface area (Å²) in [6.45, 7) is -0.149. The lowest BCUT2D eigenvalue weighted by atomic mass is 10.0. The molecule has 1 fully saturated rings. The number of hydrogen-bond donors (Lipinski definition) is 3. The molecule has 2 rings (SSSR count). The molecule has 1 heterocycles. The summed E-state index contributed by atoms with van der Waals surface area (Å²) in [7, 11) is 0. The normalized spacial score (nSPS) is 27.5. The van der Waals surface area contributed by atoms with Crippen molar-refractivity contribution in [1.29, 1.82) is 0 Å². The molecule has 9 heteroatoms. The van der Waals surface area contributed by atoms with Gasteiger partial charge < -0.3 is 24.8 Å². The highest BCUT2D eigenvalue weighted by Gasteiger charge is 2.41. The van der Waals surface area contributed by atoms with Gasteiger partial charge >= 0.3 is 0 Å². The number of carbonyl (C=O) groups excluding carboxylic acids is 1. The SMILES string of the molecule is [N-]=[N+]=NC(=O)[C@H](O)[C@@H](O)[C@@H]1OC(c2ccccc2)OC[C@H]1O. The number of rotatable bonds is 4. The Kier molecular flexibility index (Phi) is 5.45. The van der Waals surface area contributed by atoms with E-state index in [1.54, 1.807) is 30.3 Å². The summed E-state index contributed by atoms with van der Waals surface area (Å²) in [6.07, 6.45) is -7.13. The van der Waals surface area contributed by atoms with Gasteiger partial charge in [0.05, 0.1) is 6.61 Å². The summed E-state index contributed by atoms with van der Waals surface area (Å²) >= 11 is 0. The molecule has 0 radical (unpaired) electrons. The maximum absolute atomic E-state index is 11.3. The van der Waals surface area contributed by atoms with Gasteiger partial charge in [-0.2, -0.15) is 0 Å². The highest BCUT2D eigenvalue weighted by Crippen LogP contribution is 2.28. The van der Waals surface area contributed by atoms with Gasteiger partial charge in [0.25, 0.3) is 0 Å². The molecule has 118 valence electrons. The Morgan fingerprint density at radius 1 is 1.36 bits per heavy atom. The van der Waals surface area contributed by atoms with Crippen LogP contribution < -0.4 is 0 Å². The molecule has 9 nitrogen and oxygen atoms in total. The fraction of sp³-hybridized carbons (Fsp3) is 0.462. The maximum Gasteiger partial charge on any atom is 0.250 e. The van der Waals surface area contributed by atoms with Crippen molar-refractivity contribution in [1.82, 2.24) is 0 Å². The van der Waals surface area contributed by atoms with E-state index in [0.29, 0.717) is 5.56 Å². The van der Waals surface area contributed by atoms with Crippen LogP contribution in [0.15, 0.2) is 35.4 Å². The lowest BCUT2D eigenvalue weighted by Crippen LogP contribution is -2.53. The zero-order chi connectivity index (χ0) is 16.1. The smallest absolute Gasteiger partial charge is 0.250 e. The fourth-order valence-electron chi connectivity index (χ4n) is 2.08. The Bertz CT molecular complexity index is 562. The highest BCUT2D eigenvalue weighted by molar-refractivity contribution is 5.81. The van der Waals surface area contributed by atoms with Crippen LogP contribution in [-0.2, 0) is 14.3 Å². The van der Waals surface area contributed by atoms with E-state index in [4.69, 9.17) is 15.0 Å². The minimum atomic E-state index is -2.00. The molecule has 1 aliphatic rings. The van der Waals surface area contributed by atoms with E-state index in [9.17, 15) is 20.1 Å². The van der Waals surface area contributed by atoms with Gasteiger partial charge in [-0.05, 0) is 10.6 Å². The van der Waals surface area contributed by atoms with Crippen LogP contribution in [0, 0.1) is 0 Å². The first kappa shape index (κ1) is 16.4. The molecule has 1 aliphatic heterocycles. The second kappa shape index (κ2) is 7.32. The summed E-state index contributed by atoms with van der Waals surface area (Å²) in [5.41, 5.74) is 8.82. The molecule has 5 atom stereocenters. The lowest BCUT2D eigenvalue weighted by Gasteiger charge is -2.37. The molecular weight excluding hydrogens is 294 g/mol. The molecule has 1 aromatic rings. The van der Waals surface area contributed by atoms with Crippen LogP contribution >= 0.6 is 0 Å². The third-order valence-electron chi connectivity index (χ3n) is 3.21. The molecule has 1 saturated heterocycles. The average molecular weight is 309 g/mol. The Morgan fingerprint density at radius 2 is 2.05 bits per heavy atom. The Balaban J connectivity index is 2.11. The van der Waals surface area contributed by atoms with Crippen LogP contribution in [0.4, 0.5) is 0 Å². The number of ether oxygens (including phenoxy) is 2. The zero-order valence-electron chi connectivity index (χ0n) is 11.4. The molecule has 0 bridgehead atoms. The molecule has 0 saturated carbocycles. The molecule has 3 N–H and O–H groups in total. The maximum atomic E-state index is 11.3. The van der Waals surface area contributed by atoms with E-state index in [0.717, 1.165) is 0 Å². The number of carbonyl (C=O) groups is 1. The van der Waals surface area contributed by atoms with Crippen LogP contribution in [0.25, 0.3) is 10.4 Å². The molecule has 0 aromatic heterocycles. The van der Waals surface area contributed by atoms with Gasteiger partial charge in [0.15, 0.2) is 6.29 Å². The van der Waals surface area contributed by atoms with Crippen LogP contribution in [-0.4, -0.2) is 52.2 Å². The number of azide groups is 1. The van der Waals surface area contributed by atoms with Gasteiger partial charge in [-0.15, -0.1) is 0 Å². The second-order valence-electron chi connectivity index (χ2n) is 4.71. The van der Waals surface area contributed by atoms with Crippen molar-refractivity contribution in [3.63, 3.8) is 0 Å². The van der Waals surface area contributed by atoms with Crippen LogP contribution in [0.3, 0.4) is 0 Å². The molecule has 0 spiro atoms. The van der Waals surface area contributed by atoms with Crippen molar-refractivity contribution in [3.8, 4) is 0 Å². The van der Waals surface area contributed by atoms with Crippen LogP contribution in [0.2, 0.25) is 0 Å². The molecule has 1 amide bonds. The number of benzene rings is 1. The van der Waals surface area contributed by atoms with Crippen molar-refractivity contribution in [2.24, 2.45) is 5.11 Å². The molecule has 1 unspecified atom stereocenters. The third kappa shape index (κ3) is 3.60. The summed E-state index contributed by atoms with van der Waals surface area (Å²) in [5, 5.41) is 32.2. The quantitative estimate of drug-likeness (QED) is 0.406. The molecular formula is C13H15N3O6. The topological polar surface area (TPSA) is 145 Å². The summed E-state index contributed by atoms with van der Waals surface area (Å²) < 4.78 is 10.7. The van der Waals surface area contributed by atoms with Crippen LogP contribution in [0.1, 0.15) is 11.9 Å². The van der Waals surface area contributed by atoms with Crippen molar-refractivity contribution >= 4 is 5.91 Å². The largest absolute Gasteiger partial charge is 0.388 e. The van der Waals surface area contributed by atoms with Gasteiger partial charge in [0, 0.05) is 10.5 Å². The minimum absolute atomic E-state index is 0.149. The van der Waals surface area contributed by atoms with Crippen LogP contribution in [0.5, 0.6) is 0 Å². The summed E-state index contributed by atoms with van der Waals surface area (Å²) in [4.78, 5) is 13.5. The standard InChI is InChI=1S/C13H15N3O6/c14-16-15-12(20)10(19)9(18)11-8(17)6-21-13(22-11)7-4-2-1-3-5-7/h1-5,8-11,13,17-19H,6H2/t8-,9-,10-,11-,13?/m1/s1. The number of nitrogens with zero attached hydrogens (tertiary/aromatic N) is 3. The van der Waals surface area contributed by atoms with Crippen molar-refractivity contribution in [2.45, 2.75) is 30.7 Å². The van der Waals surface area contributed by atoms with Crippen molar-refractivity contribution in [3.05, 3.63) is 46.3 Å². The highest BCUT2D eigenvalue weighted by atomic mass is 16.7. The zero-order valence-corrected chi connectivity index (χ0v) is 11.4. The molecule has 0 aliphatic carbocycles. The first-order valence-corrected chi connectivity index (χ1v) is 6.49. The van der Waals surface area contributed by atoms with E-state index in [-0.39, 0.29) is 6.61 Å². The van der Waals surface area contributed by atoms with Gasteiger partial charge in [-0.25, -0.2) is 0 Å². The van der Waals surface area contributed by atoms with Gasteiger partial charge in [-0.3, -0.25) is 4.79 Å². The number of aliphatic hydroxyl groups excluding tert-OH is 3. The second-order valence-corrected chi connectivity index (χ2v) is 4.71. The Morgan fingerprint density at radius 3 is 2.68 bits per heavy atom. The predicted octanol–water partition coefficient (Wildman–Crippen LogP) is 0.0202. The number of aliphatic hydroxyl groups is 3. The monoisotopic (exact) mass is 309 g/mol. The van der Waals surface area contributed by atoms with E-state index in [1.807, 2.05) is 0 Å². The van der Waals surface area contributed by atoms with E-state index in [1.165, 1.54) is 0 Å². The van der Waals surface area contributed by atoms with E-state index < -0.39 is 36.6 Å². The summed E-state index contributed by atoms with van der Waals surface area (Å²) in [5.74, 6) is -1.26. The minimum Gasteiger partial charge on any atom is -0.388 e.